The molecule has 4 N–H and O–H groups in total. The second-order valence-electron chi connectivity index (χ2n) is 13.5. The van der Waals surface area contributed by atoms with E-state index in [-0.39, 0.29) is 36.0 Å². The zero-order valence-electron chi connectivity index (χ0n) is 29.7. The van der Waals surface area contributed by atoms with E-state index < -0.39 is 6.04 Å². The first kappa shape index (κ1) is 35.9. The van der Waals surface area contributed by atoms with Crippen LogP contribution in [0, 0.1) is 0 Å². The Balaban J connectivity index is 1.03. The highest BCUT2D eigenvalue weighted by Crippen LogP contribution is 2.40. The van der Waals surface area contributed by atoms with Crippen LogP contribution in [0.5, 0.6) is 11.5 Å². The Hall–Kier alpha value is -4.91. The molecule has 13 nitrogen and oxygen atoms in total. The van der Waals surface area contributed by atoms with Gasteiger partial charge in [0.25, 0.3) is 5.91 Å². The third kappa shape index (κ3) is 8.36. The van der Waals surface area contributed by atoms with Crippen LogP contribution in [-0.4, -0.2) is 72.7 Å². The summed E-state index contributed by atoms with van der Waals surface area (Å²) in [6, 6.07) is 11.8. The minimum absolute atomic E-state index is 0.00350. The van der Waals surface area contributed by atoms with Crippen LogP contribution in [0.15, 0.2) is 48.7 Å². The van der Waals surface area contributed by atoms with Gasteiger partial charge in [-0.3, -0.25) is 14.4 Å². The molecule has 2 heterocycles. The highest BCUT2D eigenvalue weighted by atomic mass is 16.5. The van der Waals surface area contributed by atoms with Crippen molar-refractivity contribution in [2.24, 2.45) is 5.73 Å². The molecule has 2 atom stereocenters. The molecule has 51 heavy (non-hydrogen) atoms. The summed E-state index contributed by atoms with van der Waals surface area (Å²) in [6.07, 6.45) is 11.1. The molecule has 0 spiro atoms. The lowest BCUT2D eigenvalue weighted by atomic mass is 10.0. The molecule has 0 bridgehead atoms. The Labute approximate surface area is 299 Å². The molecular formula is C38H49N7O6. The van der Waals surface area contributed by atoms with Crippen molar-refractivity contribution in [1.82, 2.24) is 15.3 Å². The van der Waals surface area contributed by atoms with E-state index in [9.17, 15) is 14.4 Å². The second kappa shape index (κ2) is 16.4. The van der Waals surface area contributed by atoms with E-state index in [4.69, 9.17) is 24.9 Å². The lowest BCUT2D eigenvalue weighted by Crippen LogP contribution is -2.55. The van der Waals surface area contributed by atoms with E-state index in [1.165, 1.54) is 0 Å². The molecule has 272 valence electrons. The number of carbonyl (C=O) groups is 3. The summed E-state index contributed by atoms with van der Waals surface area (Å²) in [5.74, 6) is 1.68. The number of amides is 2. The molecule has 0 radical (unpaired) electrons. The van der Waals surface area contributed by atoms with Gasteiger partial charge in [-0.25, -0.2) is 4.98 Å². The van der Waals surface area contributed by atoms with Crippen molar-refractivity contribution in [2.75, 3.05) is 35.9 Å². The number of rotatable bonds is 14. The Morgan fingerprint density at radius 2 is 1.76 bits per heavy atom. The largest absolute Gasteiger partial charge is 0.495 e. The lowest BCUT2D eigenvalue weighted by Gasteiger charge is -2.43. The number of ether oxygens (including phenoxy) is 3. The molecule has 2 saturated carbocycles. The van der Waals surface area contributed by atoms with Gasteiger partial charge in [-0.15, -0.1) is 0 Å². The normalized spacial score (nSPS) is 18.4. The summed E-state index contributed by atoms with van der Waals surface area (Å²) in [7, 11) is 3.32. The third-order valence-electron chi connectivity index (χ3n) is 10.1. The average molecular weight is 700 g/mol. The van der Waals surface area contributed by atoms with E-state index in [2.05, 4.69) is 20.5 Å². The van der Waals surface area contributed by atoms with Gasteiger partial charge in [0, 0.05) is 31.6 Å². The zero-order valence-corrected chi connectivity index (χ0v) is 29.7. The van der Waals surface area contributed by atoms with Gasteiger partial charge in [0.15, 0.2) is 5.82 Å². The van der Waals surface area contributed by atoms with Crippen LogP contribution < -0.4 is 35.6 Å². The fourth-order valence-corrected chi connectivity index (χ4v) is 7.17. The fraction of sp³-hybridized carbons (Fsp3) is 0.500. The molecule has 1 aromatic heterocycles. The predicted octanol–water partition coefficient (Wildman–Crippen LogP) is 5.24. The average Bonchev–Trinajstić information content (AvgIpc) is 3.88. The number of likely N-dealkylation sites (N-methyl/N-ethyl adjacent to an activating group) is 1. The van der Waals surface area contributed by atoms with Crippen molar-refractivity contribution in [3.63, 3.8) is 0 Å². The van der Waals surface area contributed by atoms with Gasteiger partial charge in [0.05, 0.1) is 25.6 Å². The maximum atomic E-state index is 13.2. The molecule has 2 amide bonds. The van der Waals surface area contributed by atoms with Crippen LogP contribution in [-0.2, 0) is 20.9 Å². The number of fused-ring (bicyclic) bond motifs is 1. The van der Waals surface area contributed by atoms with Gasteiger partial charge in [-0.2, -0.15) is 4.98 Å². The van der Waals surface area contributed by atoms with E-state index >= 15 is 0 Å². The van der Waals surface area contributed by atoms with Crippen LogP contribution in [0.2, 0.25) is 0 Å². The van der Waals surface area contributed by atoms with Gasteiger partial charge in [-0.1, -0.05) is 31.9 Å². The highest BCUT2D eigenvalue weighted by Gasteiger charge is 2.41. The van der Waals surface area contributed by atoms with Gasteiger partial charge < -0.3 is 40.4 Å². The number of carbonyl (C=O) groups excluding carboxylic acids is 3. The van der Waals surface area contributed by atoms with Gasteiger partial charge in [0.1, 0.15) is 35.4 Å². The number of nitrogens with one attached hydrogen (secondary N) is 2. The maximum absolute atomic E-state index is 13.2. The summed E-state index contributed by atoms with van der Waals surface area (Å²) in [5.41, 5.74) is 8.63. The molecular weight excluding hydrogens is 650 g/mol. The molecule has 2 fully saturated rings. The zero-order chi connectivity index (χ0) is 35.9. The number of nitrogens with zero attached hydrogens (tertiary/aromatic N) is 4. The number of hydrogen-bond donors (Lipinski definition) is 3. The molecule has 6 rings (SSSR count). The molecule has 3 aromatic rings. The second-order valence-corrected chi connectivity index (χ2v) is 13.5. The topological polar surface area (TPSA) is 161 Å². The Kier molecular flexibility index (Phi) is 11.5. The van der Waals surface area contributed by atoms with Crippen molar-refractivity contribution >= 4 is 40.9 Å². The number of esters is 1. The predicted molar refractivity (Wildman–Crippen MR) is 195 cm³/mol. The minimum Gasteiger partial charge on any atom is -0.495 e. The first-order chi connectivity index (χ1) is 24.7. The standard InChI is InChI=1S/C38H49N7O6/c1-4-31-36(47)44(2)32-23-41-38(43-34(32)45(31)26-9-5-6-10-26)42-30-18-15-25(21-33(30)49-3)35(46)40-22-24-13-16-27(17-14-24)50-20-19-29(39)37(48)51-28-11-7-8-12-28/h13-18,21,23,26,28-29,31H,4-12,19-20,22,39H2,1-3H3,(H,40,46)(H,41,42,43)/t29-,31+/m0/s1. The number of hydrogen-bond acceptors (Lipinski definition) is 11. The van der Waals surface area contributed by atoms with Gasteiger partial charge in [-0.05, 0) is 80.8 Å². The van der Waals surface area contributed by atoms with E-state index in [1.807, 2.05) is 31.2 Å². The highest BCUT2D eigenvalue weighted by molar-refractivity contribution is 6.04. The first-order valence-corrected chi connectivity index (χ1v) is 18.1. The van der Waals surface area contributed by atoms with E-state index in [0.717, 1.165) is 62.7 Å². The van der Waals surface area contributed by atoms with Gasteiger partial charge >= 0.3 is 5.97 Å². The lowest BCUT2D eigenvalue weighted by molar-refractivity contribution is -0.150. The smallest absolute Gasteiger partial charge is 0.323 e. The molecule has 13 heteroatoms. The number of anilines is 4. The maximum Gasteiger partial charge on any atom is 0.323 e. The van der Waals surface area contributed by atoms with Crippen molar-refractivity contribution in [3.05, 3.63) is 59.8 Å². The van der Waals surface area contributed by atoms with Crippen molar-refractivity contribution in [3.8, 4) is 11.5 Å². The first-order valence-electron chi connectivity index (χ1n) is 18.1. The quantitative estimate of drug-likeness (QED) is 0.189. The van der Waals surface area contributed by atoms with Crippen molar-refractivity contribution in [1.29, 1.82) is 0 Å². The van der Waals surface area contributed by atoms with Crippen LogP contribution in [0.4, 0.5) is 23.1 Å². The molecule has 2 aromatic carbocycles. The number of methoxy groups -OCH3 is 1. The molecule has 0 unspecified atom stereocenters. The van der Waals surface area contributed by atoms with Crippen LogP contribution in [0.3, 0.4) is 0 Å². The molecule has 3 aliphatic rings. The Bertz CT molecular complexity index is 1690. The Morgan fingerprint density at radius 3 is 2.47 bits per heavy atom. The summed E-state index contributed by atoms with van der Waals surface area (Å²) >= 11 is 0. The number of benzene rings is 2. The number of nitrogens with two attached hydrogens (primary N) is 1. The van der Waals surface area contributed by atoms with E-state index in [0.29, 0.717) is 60.4 Å². The van der Waals surface area contributed by atoms with Gasteiger partial charge in [0.2, 0.25) is 11.9 Å². The molecule has 2 aliphatic carbocycles. The van der Waals surface area contributed by atoms with Crippen LogP contribution in [0.25, 0.3) is 0 Å². The number of aromatic nitrogens is 2. The van der Waals surface area contributed by atoms with Crippen molar-refractivity contribution in [2.45, 2.75) is 102 Å². The monoisotopic (exact) mass is 699 g/mol. The summed E-state index contributed by atoms with van der Waals surface area (Å²) in [6.45, 7) is 2.64. The summed E-state index contributed by atoms with van der Waals surface area (Å²) < 4.78 is 16.9. The van der Waals surface area contributed by atoms with Crippen LogP contribution >= 0.6 is 0 Å². The Morgan fingerprint density at radius 1 is 1.04 bits per heavy atom. The van der Waals surface area contributed by atoms with Crippen LogP contribution in [0.1, 0.15) is 87.1 Å². The molecule has 1 aliphatic heterocycles. The third-order valence-corrected chi connectivity index (χ3v) is 10.1. The summed E-state index contributed by atoms with van der Waals surface area (Å²) in [4.78, 5) is 51.8. The van der Waals surface area contributed by atoms with E-state index in [1.54, 1.807) is 43.5 Å². The minimum atomic E-state index is -0.711. The van der Waals surface area contributed by atoms with Crippen molar-refractivity contribution < 1.29 is 28.6 Å². The SMILES string of the molecule is CC[C@@H]1C(=O)N(C)c2cnc(Nc3ccc(C(=O)NCc4ccc(OCC[C@H](N)C(=O)OC5CCCC5)cc4)cc3OC)nc2N1C1CCCC1. The molecule has 0 saturated heterocycles. The summed E-state index contributed by atoms with van der Waals surface area (Å²) in [5, 5.41) is 6.21. The fourth-order valence-electron chi connectivity index (χ4n) is 7.17.